The van der Waals surface area contributed by atoms with Crippen molar-refractivity contribution in [3.05, 3.63) is 28.6 Å². The molecule has 0 aromatic carbocycles. The molecule has 2 rings (SSSR count). The second kappa shape index (κ2) is 6.51. The van der Waals surface area contributed by atoms with E-state index < -0.39 is 0 Å². The summed E-state index contributed by atoms with van der Waals surface area (Å²) in [5.74, 6) is 1.43. The molecule has 0 saturated heterocycles. The summed E-state index contributed by atoms with van der Waals surface area (Å²) in [6.07, 6.45) is 6.54. The van der Waals surface area contributed by atoms with Crippen LogP contribution in [0.15, 0.2) is 23.1 Å². The fourth-order valence-corrected chi connectivity index (χ4v) is 1.99. The highest BCUT2D eigenvalue weighted by atomic mass is 79.9. The summed E-state index contributed by atoms with van der Waals surface area (Å²) in [4.78, 5) is 8.57. The molecule has 19 heavy (non-hydrogen) atoms. The molecule has 0 spiro atoms. The van der Waals surface area contributed by atoms with Gasteiger partial charge in [0.2, 0.25) is 5.95 Å². The van der Waals surface area contributed by atoms with E-state index in [2.05, 4.69) is 41.6 Å². The Morgan fingerprint density at radius 3 is 2.84 bits per heavy atom. The third-order valence-corrected chi connectivity index (χ3v) is 3.12. The van der Waals surface area contributed by atoms with E-state index in [9.17, 15) is 0 Å². The minimum atomic E-state index is 0.634. The molecule has 2 heterocycles. The van der Waals surface area contributed by atoms with E-state index in [1.807, 2.05) is 26.4 Å². The third kappa shape index (κ3) is 3.92. The smallest absolute Gasteiger partial charge is 0.224 e. The SMILES string of the molecule is CCNc1ncc(Br)c(NCCc2cnn(C)c2)n1. The summed E-state index contributed by atoms with van der Waals surface area (Å²) in [5.41, 5.74) is 1.20. The van der Waals surface area contributed by atoms with Gasteiger partial charge in [-0.25, -0.2) is 4.98 Å². The summed E-state index contributed by atoms with van der Waals surface area (Å²) in [6.45, 7) is 3.62. The van der Waals surface area contributed by atoms with Crippen LogP contribution in [0.5, 0.6) is 0 Å². The largest absolute Gasteiger partial charge is 0.369 e. The molecule has 7 heteroatoms. The first-order valence-corrected chi connectivity index (χ1v) is 6.96. The van der Waals surface area contributed by atoms with E-state index in [1.165, 1.54) is 5.56 Å². The average molecular weight is 325 g/mol. The van der Waals surface area contributed by atoms with Gasteiger partial charge < -0.3 is 10.6 Å². The summed E-state index contributed by atoms with van der Waals surface area (Å²) >= 11 is 3.44. The van der Waals surface area contributed by atoms with Crippen LogP contribution in [-0.4, -0.2) is 32.8 Å². The van der Waals surface area contributed by atoms with Crippen molar-refractivity contribution in [2.75, 3.05) is 23.7 Å². The molecule has 0 aliphatic rings. The summed E-state index contributed by atoms with van der Waals surface area (Å²) < 4.78 is 2.67. The molecule has 0 amide bonds. The van der Waals surface area contributed by atoms with Gasteiger partial charge in [-0.1, -0.05) is 0 Å². The molecule has 0 saturated carbocycles. The Labute approximate surface area is 120 Å². The zero-order chi connectivity index (χ0) is 13.7. The maximum Gasteiger partial charge on any atom is 0.224 e. The Balaban J connectivity index is 1.93. The lowest BCUT2D eigenvalue weighted by Crippen LogP contribution is -2.09. The first-order chi connectivity index (χ1) is 9.19. The van der Waals surface area contributed by atoms with E-state index in [1.54, 1.807) is 10.9 Å². The van der Waals surface area contributed by atoms with Crippen LogP contribution in [0.3, 0.4) is 0 Å². The average Bonchev–Trinajstić information content (AvgIpc) is 2.79. The molecular formula is C12H17BrN6. The Morgan fingerprint density at radius 2 is 2.16 bits per heavy atom. The van der Waals surface area contributed by atoms with Crippen molar-refractivity contribution in [3.63, 3.8) is 0 Å². The number of hydrogen-bond donors (Lipinski definition) is 2. The van der Waals surface area contributed by atoms with Crippen molar-refractivity contribution in [2.45, 2.75) is 13.3 Å². The highest BCUT2D eigenvalue weighted by Gasteiger charge is 2.04. The third-order valence-electron chi connectivity index (χ3n) is 2.54. The quantitative estimate of drug-likeness (QED) is 0.851. The zero-order valence-corrected chi connectivity index (χ0v) is 12.6. The van der Waals surface area contributed by atoms with Crippen LogP contribution < -0.4 is 10.6 Å². The van der Waals surface area contributed by atoms with Crippen molar-refractivity contribution in [3.8, 4) is 0 Å². The molecule has 6 nitrogen and oxygen atoms in total. The van der Waals surface area contributed by atoms with Gasteiger partial charge >= 0.3 is 0 Å². The molecule has 102 valence electrons. The minimum absolute atomic E-state index is 0.634. The summed E-state index contributed by atoms with van der Waals surface area (Å²) in [5, 5.41) is 10.5. The first kappa shape index (κ1) is 13.8. The predicted molar refractivity (Wildman–Crippen MR) is 79.3 cm³/mol. The van der Waals surface area contributed by atoms with E-state index in [0.717, 1.165) is 29.8 Å². The normalized spacial score (nSPS) is 10.5. The molecule has 0 fully saturated rings. The van der Waals surface area contributed by atoms with Crippen LogP contribution >= 0.6 is 15.9 Å². The lowest BCUT2D eigenvalue weighted by Gasteiger charge is -2.08. The molecular weight excluding hydrogens is 308 g/mol. The van der Waals surface area contributed by atoms with Gasteiger partial charge in [0.25, 0.3) is 0 Å². The molecule has 0 aliphatic carbocycles. The highest BCUT2D eigenvalue weighted by Crippen LogP contribution is 2.19. The van der Waals surface area contributed by atoms with Crippen molar-refractivity contribution >= 4 is 27.7 Å². The fraction of sp³-hybridized carbons (Fsp3) is 0.417. The monoisotopic (exact) mass is 324 g/mol. The van der Waals surface area contributed by atoms with Gasteiger partial charge in [-0.3, -0.25) is 4.68 Å². The van der Waals surface area contributed by atoms with Crippen molar-refractivity contribution in [1.29, 1.82) is 0 Å². The standard InChI is InChI=1S/C12H17BrN6/c1-3-14-12-16-7-10(13)11(18-12)15-5-4-9-6-17-19(2)8-9/h6-8H,3-5H2,1-2H3,(H2,14,15,16,18). The zero-order valence-electron chi connectivity index (χ0n) is 11.0. The predicted octanol–water partition coefficient (Wildman–Crippen LogP) is 2.06. The van der Waals surface area contributed by atoms with E-state index in [-0.39, 0.29) is 0 Å². The Morgan fingerprint density at radius 1 is 1.32 bits per heavy atom. The van der Waals surface area contributed by atoms with Crippen LogP contribution in [0.25, 0.3) is 0 Å². The lowest BCUT2D eigenvalue weighted by atomic mass is 10.2. The minimum Gasteiger partial charge on any atom is -0.369 e. The Bertz CT molecular complexity index is 539. The molecule has 2 N–H and O–H groups in total. The number of rotatable bonds is 6. The second-order valence-electron chi connectivity index (χ2n) is 4.12. The number of nitrogens with zero attached hydrogens (tertiary/aromatic N) is 4. The fourth-order valence-electron chi connectivity index (χ4n) is 1.66. The number of nitrogens with one attached hydrogen (secondary N) is 2. The van der Waals surface area contributed by atoms with Gasteiger partial charge in [0.15, 0.2) is 0 Å². The number of halogens is 1. The molecule has 0 bridgehead atoms. The van der Waals surface area contributed by atoms with E-state index in [0.29, 0.717) is 5.95 Å². The van der Waals surface area contributed by atoms with Gasteiger partial charge in [0.05, 0.1) is 10.7 Å². The number of hydrogen-bond acceptors (Lipinski definition) is 5. The Kier molecular flexibility index (Phi) is 4.73. The van der Waals surface area contributed by atoms with Crippen LogP contribution in [0, 0.1) is 0 Å². The molecule has 2 aromatic rings. The van der Waals surface area contributed by atoms with Crippen molar-refractivity contribution < 1.29 is 0 Å². The molecule has 0 aliphatic heterocycles. The van der Waals surface area contributed by atoms with Gasteiger partial charge in [-0.2, -0.15) is 10.1 Å². The number of anilines is 2. The first-order valence-electron chi connectivity index (χ1n) is 6.17. The Hall–Kier alpha value is -1.63. The van der Waals surface area contributed by atoms with Crippen molar-refractivity contribution in [1.82, 2.24) is 19.7 Å². The second-order valence-corrected chi connectivity index (χ2v) is 4.97. The van der Waals surface area contributed by atoms with Gasteiger partial charge in [-0.05, 0) is 34.8 Å². The van der Waals surface area contributed by atoms with E-state index >= 15 is 0 Å². The van der Waals surface area contributed by atoms with Crippen LogP contribution in [0.2, 0.25) is 0 Å². The maximum absolute atomic E-state index is 4.40. The van der Waals surface area contributed by atoms with Gasteiger partial charge in [0, 0.05) is 32.5 Å². The van der Waals surface area contributed by atoms with Crippen molar-refractivity contribution in [2.24, 2.45) is 7.05 Å². The van der Waals surface area contributed by atoms with Gasteiger partial charge in [-0.15, -0.1) is 0 Å². The number of aromatic nitrogens is 4. The molecule has 0 unspecified atom stereocenters. The summed E-state index contributed by atoms with van der Waals surface area (Å²) in [6, 6.07) is 0. The topological polar surface area (TPSA) is 67.7 Å². The summed E-state index contributed by atoms with van der Waals surface area (Å²) in [7, 11) is 1.92. The lowest BCUT2D eigenvalue weighted by molar-refractivity contribution is 0.767. The molecule has 0 atom stereocenters. The van der Waals surface area contributed by atoms with Crippen LogP contribution in [-0.2, 0) is 13.5 Å². The van der Waals surface area contributed by atoms with Crippen LogP contribution in [0.4, 0.5) is 11.8 Å². The molecule has 0 radical (unpaired) electrons. The maximum atomic E-state index is 4.40. The van der Waals surface area contributed by atoms with Crippen LogP contribution in [0.1, 0.15) is 12.5 Å². The highest BCUT2D eigenvalue weighted by molar-refractivity contribution is 9.10. The molecule has 2 aromatic heterocycles. The van der Waals surface area contributed by atoms with Gasteiger partial charge in [0.1, 0.15) is 5.82 Å². The number of aryl methyl sites for hydroxylation is 1. The van der Waals surface area contributed by atoms with E-state index in [4.69, 9.17) is 0 Å².